The molecule has 1 aromatic carbocycles. The van der Waals surface area contributed by atoms with Gasteiger partial charge < -0.3 is 4.42 Å². The van der Waals surface area contributed by atoms with Crippen molar-refractivity contribution < 1.29 is 9.21 Å². The smallest absolute Gasteiger partial charge is 0.269 e. The van der Waals surface area contributed by atoms with Crippen LogP contribution < -0.4 is 11.3 Å². The molecule has 1 fully saturated rings. The molecule has 0 saturated carbocycles. The second-order valence-electron chi connectivity index (χ2n) is 5.11. The Hall–Kier alpha value is -1.50. The molecule has 6 heteroatoms. The Morgan fingerprint density at radius 1 is 1.33 bits per heavy atom. The van der Waals surface area contributed by atoms with Gasteiger partial charge >= 0.3 is 0 Å². The minimum absolute atomic E-state index is 0.292. The predicted molar refractivity (Wildman–Crippen MR) is 85.1 cm³/mol. The van der Waals surface area contributed by atoms with Crippen LogP contribution in [0.25, 0.3) is 11.0 Å². The maximum absolute atomic E-state index is 12.1. The molecule has 0 atom stereocenters. The van der Waals surface area contributed by atoms with Gasteiger partial charge in [-0.2, -0.15) is 11.8 Å². The summed E-state index contributed by atoms with van der Waals surface area (Å²) >= 11 is 1.98. The van der Waals surface area contributed by atoms with Crippen LogP contribution in [0, 0.1) is 0 Å². The Kier molecular flexibility index (Phi) is 4.48. The van der Waals surface area contributed by atoms with Gasteiger partial charge in [0.25, 0.3) is 5.91 Å². The van der Waals surface area contributed by atoms with Crippen LogP contribution in [-0.2, 0) is 6.54 Å². The summed E-state index contributed by atoms with van der Waals surface area (Å²) in [5.41, 5.74) is 3.52. The summed E-state index contributed by atoms with van der Waals surface area (Å²) in [6.07, 6.45) is 1.17. The number of para-hydroxylation sites is 1. The van der Waals surface area contributed by atoms with Gasteiger partial charge in [-0.1, -0.05) is 18.2 Å². The summed E-state index contributed by atoms with van der Waals surface area (Å²) < 4.78 is 5.90. The van der Waals surface area contributed by atoms with Crippen molar-refractivity contribution in [3.8, 4) is 0 Å². The molecule has 5 nitrogen and oxygen atoms in total. The van der Waals surface area contributed by atoms with E-state index in [0.717, 1.165) is 29.8 Å². The van der Waals surface area contributed by atoms with Gasteiger partial charge in [-0.3, -0.25) is 15.1 Å². The first-order chi connectivity index (χ1) is 10.3. The minimum atomic E-state index is -0.292. The molecule has 3 N–H and O–H groups in total. The maximum atomic E-state index is 12.1. The Labute approximate surface area is 127 Å². The number of fused-ring (bicyclic) bond motifs is 1. The number of thioether (sulfide) groups is 1. The van der Waals surface area contributed by atoms with Crippen molar-refractivity contribution in [1.82, 2.24) is 10.3 Å². The van der Waals surface area contributed by atoms with E-state index in [1.807, 2.05) is 36.0 Å². The van der Waals surface area contributed by atoms with Gasteiger partial charge in [0, 0.05) is 17.7 Å². The molecular formula is C15H19N3O2S. The zero-order chi connectivity index (χ0) is 14.7. The van der Waals surface area contributed by atoms with E-state index in [-0.39, 0.29) is 5.91 Å². The van der Waals surface area contributed by atoms with E-state index in [1.165, 1.54) is 12.2 Å². The molecule has 1 aliphatic heterocycles. The first-order valence-electron chi connectivity index (χ1n) is 7.11. The third kappa shape index (κ3) is 3.07. The largest absolute Gasteiger partial charge is 0.459 e. The Bertz CT molecular complexity index is 633. The number of hydrogen-bond acceptors (Lipinski definition) is 5. The van der Waals surface area contributed by atoms with Crippen molar-refractivity contribution >= 4 is 28.6 Å². The SMILES string of the molecule is NNC(=O)c1c(CN2CCCSCC2)oc2ccccc12. The normalized spacial score (nSPS) is 16.8. The first-order valence-corrected chi connectivity index (χ1v) is 8.26. The van der Waals surface area contributed by atoms with Crippen molar-refractivity contribution in [2.45, 2.75) is 13.0 Å². The zero-order valence-electron chi connectivity index (χ0n) is 11.8. The van der Waals surface area contributed by atoms with E-state index in [0.29, 0.717) is 17.9 Å². The number of benzene rings is 1. The van der Waals surface area contributed by atoms with Crippen molar-refractivity contribution in [1.29, 1.82) is 0 Å². The van der Waals surface area contributed by atoms with Gasteiger partial charge in [-0.05, 0) is 24.8 Å². The van der Waals surface area contributed by atoms with Crippen molar-refractivity contribution in [2.24, 2.45) is 5.84 Å². The number of nitrogens with two attached hydrogens (primary N) is 1. The first kappa shape index (κ1) is 14.4. The van der Waals surface area contributed by atoms with Crippen LogP contribution >= 0.6 is 11.8 Å². The highest BCUT2D eigenvalue weighted by Crippen LogP contribution is 2.27. The van der Waals surface area contributed by atoms with Crippen LogP contribution in [0.15, 0.2) is 28.7 Å². The minimum Gasteiger partial charge on any atom is -0.459 e. The number of nitrogens with one attached hydrogen (secondary N) is 1. The van der Waals surface area contributed by atoms with E-state index in [2.05, 4.69) is 10.3 Å². The lowest BCUT2D eigenvalue weighted by Gasteiger charge is -2.18. The summed E-state index contributed by atoms with van der Waals surface area (Å²) in [4.78, 5) is 14.4. The highest BCUT2D eigenvalue weighted by atomic mass is 32.2. The lowest BCUT2D eigenvalue weighted by molar-refractivity contribution is 0.0951. The number of hydrogen-bond donors (Lipinski definition) is 2. The molecule has 1 aromatic heterocycles. The number of nitrogens with zero attached hydrogens (tertiary/aromatic N) is 1. The summed E-state index contributed by atoms with van der Waals surface area (Å²) in [5, 5.41) is 0.819. The lowest BCUT2D eigenvalue weighted by Crippen LogP contribution is -2.32. The Morgan fingerprint density at radius 3 is 3.05 bits per heavy atom. The number of nitrogen functional groups attached to an aromatic ring is 1. The molecule has 1 aliphatic rings. The fourth-order valence-electron chi connectivity index (χ4n) is 2.69. The highest BCUT2D eigenvalue weighted by molar-refractivity contribution is 7.99. The van der Waals surface area contributed by atoms with Crippen LogP contribution in [-0.4, -0.2) is 35.4 Å². The molecule has 2 aromatic rings. The quantitative estimate of drug-likeness (QED) is 0.515. The topological polar surface area (TPSA) is 71.5 Å². The Morgan fingerprint density at radius 2 is 2.19 bits per heavy atom. The van der Waals surface area contributed by atoms with Crippen LogP contribution in [0.4, 0.5) is 0 Å². The van der Waals surface area contributed by atoms with Crippen LogP contribution in [0.5, 0.6) is 0 Å². The number of amides is 1. The zero-order valence-corrected chi connectivity index (χ0v) is 12.6. The van der Waals surface area contributed by atoms with E-state index < -0.39 is 0 Å². The van der Waals surface area contributed by atoms with Gasteiger partial charge in [0.15, 0.2) is 0 Å². The van der Waals surface area contributed by atoms with Crippen LogP contribution in [0.3, 0.4) is 0 Å². The predicted octanol–water partition coefficient (Wildman–Crippen LogP) is 1.98. The number of furan rings is 1. The van der Waals surface area contributed by atoms with Gasteiger partial charge in [0.2, 0.25) is 0 Å². The van der Waals surface area contributed by atoms with E-state index in [4.69, 9.17) is 10.3 Å². The van der Waals surface area contributed by atoms with E-state index in [1.54, 1.807) is 0 Å². The second-order valence-corrected chi connectivity index (χ2v) is 6.34. The summed E-state index contributed by atoms with van der Waals surface area (Å²) in [7, 11) is 0. The fourth-order valence-corrected chi connectivity index (χ4v) is 3.61. The fraction of sp³-hybridized carbons (Fsp3) is 0.400. The molecule has 0 spiro atoms. The average molecular weight is 305 g/mol. The maximum Gasteiger partial charge on any atom is 0.269 e. The third-order valence-electron chi connectivity index (χ3n) is 3.71. The summed E-state index contributed by atoms with van der Waals surface area (Å²) in [5.74, 6) is 8.06. The van der Waals surface area contributed by atoms with Crippen molar-refractivity contribution in [3.05, 3.63) is 35.6 Å². The van der Waals surface area contributed by atoms with Crippen LogP contribution in [0.1, 0.15) is 22.5 Å². The molecule has 1 amide bonds. The molecule has 2 heterocycles. The standard InChI is InChI=1S/C15H19N3O2S/c16-17-15(19)14-11-4-1-2-5-12(11)20-13(14)10-18-6-3-8-21-9-7-18/h1-2,4-5H,3,6-10,16H2,(H,17,19). The van der Waals surface area contributed by atoms with E-state index in [9.17, 15) is 4.79 Å². The van der Waals surface area contributed by atoms with Crippen molar-refractivity contribution in [3.63, 3.8) is 0 Å². The number of hydrazine groups is 1. The number of carbonyl (C=O) groups excluding carboxylic acids is 1. The molecule has 0 bridgehead atoms. The van der Waals surface area contributed by atoms with Gasteiger partial charge in [-0.25, -0.2) is 5.84 Å². The van der Waals surface area contributed by atoms with Crippen LogP contribution in [0.2, 0.25) is 0 Å². The molecule has 3 rings (SSSR count). The Balaban J connectivity index is 1.94. The molecule has 0 aliphatic carbocycles. The second kappa shape index (κ2) is 6.51. The average Bonchev–Trinajstić information content (AvgIpc) is 2.67. The van der Waals surface area contributed by atoms with Crippen molar-refractivity contribution in [2.75, 3.05) is 24.6 Å². The lowest BCUT2D eigenvalue weighted by atomic mass is 10.1. The summed E-state index contributed by atoms with van der Waals surface area (Å²) in [6, 6.07) is 7.58. The molecular weight excluding hydrogens is 286 g/mol. The third-order valence-corrected chi connectivity index (χ3v) is 4.76. The van der Waals surface area contributed by atoms with Gasteiger partial charge in [-0.15, -0.1) is 0 Å². The van der Waals surface area contributed by atoms with Gasteiger partial charge in [0.1, 0.15) is 11.3 Å². The monoisotopic (exact) mass is 305 g/mol. The van der Waals surface area contributed by atoms with Gasteiger partial charge in [0.05, 0.1) is 12.1 Å². The molecule has 112 valence electrons. The molecule has 0 unspecified atom stereocenters. The molecule has 1 saturated heterocycles. The molecule has 0 radical (unpaired) electrons. The number of carbonyl (C=O) groups is 1. The van der Waals surface area contributed by atoms with E-state index >= 15 is 0 Å². The molecule has 21 heavy (non-hydrogen) atoms. The number of rotatable bonds is 3. The highest BCUT2D eigenvalue weighted by Gasteiger charge is 2.22. The summed E-state index contributed by atoms with van der Waals surface area (Å²) in [6.45, 7) is 2.71.